The molecule has 0 saturated carbocycles. The standard InChI is InChI=1S/C16H17N3OS2/c1-18(2)9-10-19(15(20)14-8-5-11-21-14)16-17-12-6-3-4-7-13(12)22-16/h3-8,11H,9-10H2,1-2H3/p+1. The van der Waals surface area contributed by atoms with E-state index in [1.165, 1.54) is 16.2 Å². The Morgan fingerprint density at radius 2 is 2.05 bits per heavy atom. The Bertz CT molecular complexity index is 732. The molecular formula is C16H18N3OS2+. The largest absolute Gasteiger partial charge is 0.338 e. The summed E-state index contributed by atoms with van der Waals surface area (Å²) in [7, 11) is 4.18. The number of amides is 1. The molecule has 0 unspecified atom stereocenters. The van der Waals surface area contributed by atoms with Gasteiger partial charge in [-0.05, 0) is 23.6 Å². The summed E-state index contributed by atoms with van der Waals surface area (Å²) in [6, 6.07) is 11.8. The van der Waals surface area contributed by atoms with Crippen LogP contribution in [0, 0.1) is 0 Å². The number of benzene rings is 1. The van der Waals surface area contributed by atoms with E-state index in [1.807, 2.05) is 46.7 Å². The highest BCUT2D eigenvalue weighted by molar-refractivity contribution is 7.22. The van der Waals surface area contributed by atoms with Gasteiger partial charge in [-0.15, -0.1) is 11.3 Å². The lowest BCUT2D eigenvalue weighted by molar-refractivity contribution is -0.856. The second kappa shape index (κ2) is 6.56. The molecule has 0 aliphatic heterocycles. The molecule has 1 amide bonds. The summed E-state index contributed by atoms with van der Waals surface area (Å²) in [5.41, 5.74) is 0.948. The zero-order valence-electron chi connectivity index (χ0n) is 12.6. The maximum Gasteiger partial charge on any atom is 0.270 e. The number of fused-ring (bicyclic) bond motifs is 1. The van der Waals surface area contributed by atoms with Crippen LogP contribution in [0.2, 0.25) is 0 Å². The van der Waals surface area contributed by atoms with E-state index in [0.717, 1.165) is 26.8 Å². The van der Waals surface area contributed by atoms with E-state index >= 15 is 0 Å². The lowest BCUT2D eigenvalue weighted by atomic mass is 10.3. The number of hydrogen-bond acceptors (Lipinski definition) is 4. The Hall–Kier alpha value is -1.76. The van der Waals surface area contributed by atoms with Crippen LogP contribution in [-0.2, 0) is 0 Å². The Morgan fingerprint density at radius 1 is 1.23 bits per heavy atom. The van der Waals surface area contributed by atoms with Crippen LogP contribution >= 0.6 is 22.7 Å². The van der Waals surface area contributed by atoms with Crippen molar-refractivity contribution in [2.45, 2.75) is 0 Å². The van der Waals surface area contributed by atoms with Crippen molar-refractivity contribution in [3.8, 4) is 0 Å². The van der Waals surface area contributed by atoms with Crippen LogP contribution in [0.4, 0.5) is 5.13 Å². The van der Waals surface area contributed by atoms with Gasteiger partial charge < -0.3 is 4.90 Å². The third kappa shape index (κ3) is 3.19. The second-order valence-electron chi connectivity index (χ2n) is 5.36. The molecule has 22 heavy (non-hydrogen) atoms. The van der Waals surface area contributed by atoms with Crippen molar-refractivity contribution in [1.29, 1.82) is 0 Å². The number of nitrogens with zero attached hydrogens (tertiary/aromatic N) is 2. The molecule has 3 aromatic rings. The molecule has 0 bridgehead atoms. The minimum Gasteiger partial charge on any atom is -0.338 e. The number of quaternary nitrogens is 1. The van der Waals surface area contributed by atoms with Crippen molar-refractivity contribution in [3.63, 3.8) is 0 Å². The number of thiophene rings is 1. The SMILES string of the molecule is C[NH+](C)CCN(C(=O)c1cccs1)c1nc2ccccc2s1. The highest BCUT2D eigenvalue weighted by Crippen LogP contribution is 2.29. The van der Waals surface area contributed by atoms with Crippen LogP contribution < -0.4 is 9.80 Å². The quantitative estimate of drug-likeness (QED) is 0.777. The lowest BCUT2D eigenvalue weighted by Crippen LogP contribution is -3.06. The average molecular weight is 332 g/mol. The normalized spacial score (nSPS) is 11.2. The van der Waals surface area contributed by atoms with Gasteiger partial charge in [0.25, 0.3) is 5.91 Å². The van der Waals surface area contributed by atoms with Gasteiger partial charge in [-0.3, -0.25) is 9.69 Å². The van der Waals surface area contributed by atoms with Crippen molar-refractivity contribution >= 4 is 43.9 Å². The molecule has 3 rings (SSSR count). The minimum absolute atomic E-state index is 0.0373. The molecule has 4 nitrogen and oxygen atoms in total. The van der Waals surface area contributed by atoms with E-state index in [1.54, 1.807) is 11.3 Å². The second-order valence-corrected chi connectivity index (χ2v) is 7.31. The van der Waals surface area contributed by atoms with Gasteiger partial charge in [0.1, 0.15) is 0 Å². The number of thiazole rings is 1. The van der Waals surface area contributed by atoms with Gasteiger partial charge >= 0.3 is 0 Å². The third-order valence-electron chi connectivity index (χ3n) is 3.33. The van der Waals surface area contributed by atoms with Crippen LogP contribution in [0.25, 0.3) is 10.2 Å². The predicted molar refractivity (Wildman–Crippen MR) is 93.3 cm³/mol. The lowest BCUT2D eigenvalue weighted by Gasteiger charge is -2.19. The number of hydrogen-bond donors (Lipinski definition) is 1. The molecule has 114 valence electrons. The van der Waals surface area contributed by atoms with E-state index in [0.29, 0.717) is 6.54 Å². The summed E-state index contributed by atoms with van der Waals surface area (Å²) in [5.74, 6) is 0.0373. The monoisotopic (exact) mass is 332 g/mol. The molecule has 0 spiro atoms. The smallest absolute Gasteiger partial charge is 0.270 e. The summed E-state index contributed by atoms with van der Waals surface area (Å²) in [5, 5.41) is 2.71. The van der Waals surface area contributed by atoms with E-state index in [-0.39, 0.29) is 5.91 Å². The zero-order chi connectivity index (χ0) is 15.5. The van der Waals surface area contributed by atoms with Crippen molar-refractivity contribution in [2.75, 3.05) is 32.1 Å². The molecule has 2 aromatic heterocycles. The van der Waals surface area contributed by atoms with Gasteiger partial charge in [0.15, 0.2) is 5.13 Å². The van der Waals surface area contributed by atoms with Gasteiger partial charge in [0.05, 0.1) is 42.3 Å². The Labute approximate surface area is 137 Å². The first-order valence-electron chi connectivity index (χ1n) is 7.15. The minimum atomic E-state index is 0.0373. The van der Waals surface area contributed by atoms with Gasteiger partial charge in [-0.25, -0.2) is 4.98 Å². The molecular weight excluding hydrogens is 314 g/mol. The first kappa shape index (κ1) is 15.1. The Morgan fingerprint density at radius 3 is 2.73 bits per heavy atom. The zero-order valence-corrected chi connectivity index (χ0v) is 14.2. The van der Waals surface area contributed by atoms with Crippen LogP contribution in [0.1, 0.15) is 9.67 Å². The highest BCUT2D eigenvalue weighted by Gasteiger charge is 2.22. The molecule has 1 aromatic carbocycles. The fourth-order valence-corrected chi connectivity index (χ4v) is 3.79. The number of aromatic nitrogens is 1. The average Bonchev–Trinajstić information content (AvgIpc) is 3.16. The third-order valence-corrected chi connectivity index (χ3v) is 5.24. The number of carbonyl (C=O) groups is 1. The molecule has 0 fully saturated rings. The maximum atomic E-state index is 12.8. The summed E-state index contributed by atoms with van der Waals surface area (Å²) >= 11 is 3.05. The first-order valence-corrected chi connectivity index (χ1v) is 8.85. The Balaban J connectivity index is 1.95. The molecule has 1 N–H and O–H groups in total. The molecule has 0 radical (unpaired) electrons. The summed E-state index contributed by atoms with van der Waals surface area (Å²) in [4.78, 5) is 21.3. The number of rotatable bonds is 5. The van der Waals surface area contributed by atoms with Crippen LogP contribution in [0.15, 0.2) is 41.8 Å². The van der Waals surface area contributed by atoms with Crippen molar-refractivity contribution in [1.82, 2.24) is 4.98 Å². The summed E-state index contributed by atoms with van der Waals surface area (Å²) < 4.78 is 1.11. The van der Waals surface area contributed by atoms with E-state index in [4.69, 9.17) is 0 Å². The van der Waals surface area contributed by atoms with Crippen molar-refractivity contribution in [2.24, 2.45) is 0 Å². The number of nitrogens with one attached hydrogen (secondary N) is 1. The summed E-state index contributed by atoms with van der Waals surface area (Å²) in [6.45, 7) is 1.55. The Kier molecular flexibility index (Phi) is 4.52. The van der Waals surface area contributed by atoms with Gasteiger partial charge in [-0.1, -0.05) is 29.5 Å². The van der Waals surface area contributed by atoms with Gasteiger partial charge in [0.2, 0.25) is 0 Å². The number of carbonyl (C=O) groups excluding carboxylic acids is 1. The van der Waals surface area contributed by atoms with E-state index < -0.39 is 0 Å². The first-order chi connectivity index (χ1) is 10.6. The van der Waals surface area contributed by atoms with E-state index in [9.17, 15) is 4.79 Å². The summed E-state index contributed by atoms with van der Waals surface area (Å²) in [6.07, 6.45) is 0. The molecule has 2 heterocycles. The predicted octanol–water partition coefficient (Wildman–Crippen LogP) is 2.15. The molecule has 6 heteroatoms. The molecule has 0 aliphatic carbocycles. The molecule has 0 atom stereocenters. The molecule has 0 aliphatic rings. The van der Waals surface area contributed by atoms with Crippen molar-refractivity contribution in [3.05, 3.63) is 46.7 Å². The fourth-order valence-electron chi connectivity index (χ4n) is 2.13. The number of anilines is 1. The maximum absolute atomic E-state index is 12.8. The topological polar surface area (TPSA) is 37.6 Å². The number of para-hydroxylation sites is 1. The number of likely N-dealkylation sites (N-methyl/N-ethyl adjacent to an activating group) is 1. The van der Waals surface area contributed by atoms with Gasteiger partial charge in [-0.2, -0.15) is 0 Å². The van der Waals surface area contributed by atoms with E-state index in [2.05, 4.69) is 19.1 Å². The highest BCUT2D eigenvalue weighted by atomic mass is 32.1. The van der Waals surface area contributed by atoms with Crippen LogP contribution in [0.3, 0.4) is 0 Å². The van der Waals surface area contributed by atoms with Gasteiger partial charge in [0, 0.05) is 0 Å². The van der Waals surface area contributed by atoms with Crippen LogP contribution in [-0.4, -0.2) is 38.1 Å². The van der Waals surface area contributed by atoms with Crippen molar-refractivity contribution < 1.29 is 9.69 Å². The molecule has 0 saturated heterocycles. The fraction of sp³-hybridized carbons (Fsp3) is 0.250. The van der Waals surface area contributed by atoms with Crippen LogP contribution in [0.5, 0.6) is 0 Å².